The molecule has 0 bridgehead atoms. The molecule has 0 spiro atoms. The summed E-state index contributed by atoms with van der Waals surface area (Å²) in [6, 6.07) is 0. The Labute approximate surface area is 46.9 Å². The third-order valence-electron chi connectivity index (χ3n) is 0.309. The molecule has 3 heteroatoms. The van der Waals surface area contributed by atoms with Crippen LogP contribution < -0.4 is 0 Å². The summed E-state index contributed by atoms with van der Waals surface area (Å²) in [7, 11) is 0. The molecular formula is C4H10O2Si. The van der Waals surface area contributed by atoms with E-state index in [4.69, 9.17) is 5.11 Å². The smallest absolute Gasteiger partial charge is 0.327 e. The number of carboxylic acid groups (broad SMARTS) is 1. The van der Waals surface area contributed by atoms with Gasteiger partial charge >= 0.3 is 5.97 Å². The number of rotatable bonds is 1. The molecule has 0 heterocycles. The lowest BCUT2D eigenvalue weighted by atomic mass is 10.5. The second-order valence-corrected chi connectivity index (χ2v) is 0.838. The Morgan fingerprint density at radius 1 is 1.71 bits per heavy atom. The standard InChI is InChI=1S/C4H6O2.H4Si/c1-2-3-4(5)6;/h2-3H,1H3,(H,5,6);1H4. The molecule has 0 saturated carbocycles. The fourth-order valence-corrected chi connectivity index (χ4v) is 0.143. The second kappa shape index (κ2) is 5.43. The fourth-order valence-electron chi connectivity index (χ4n) is 0.143. The molecule has 0 radical (unpaired) electrons. The highest BCUT2D eigenvalue weighted by molar-refractivity contribution is 5.79. The van der Waals surface area contributed by atoms with Gasteiger partial charge in [-0.05, 0) is 17.9 Å². The number of allylic oxidation sites excluding steroid dienone is 1. The van der Waals surface area contributed by atoms with E-state index in [1.165, 1.54) is 6.08 Å². The average molecular weight is 118 g/mol. The van der Waals surface area contributed by atoms with Crippen LogP contribution in [0.2, 0.25) is 0 Å². The highest BCUT2D eigenvalue weighted by Crippen LogP contribution is 1.65. The molecule has 0 unspecified atom stereocenters. The maximum atomic E-state index is 9.51. The summed E-state index contributed by atoms with van der Waals surface area (Å²) in [5.41, 5.74) is 0. The molecule has 0 amide bonds. The second-order valence-electron chi connectivity index (χ2n) is 0.838. The summed E-state index contributed by atoms with van der Waals surface area (Å²) in [6.45, 7) is 1.66. The predicted molar refractivity (Wildman–Crippen MR) is 33.8 cm³/mol. The maximum Gasteiger partial charge on any atom is 0.327 e. The summed E-state index contributed by atoms with van der Waals surface area (Å²) in [5.74, 6) is -0.891. The summed E-state index contributed by atoms with van der Waals surface area (Å²) in [6.07, 6.45) is 2.56. The molecule has 0 aliphatic rings. The van der Waals surface area contributed by atoms with Crippen molar-refractivity contribution in [3.63, 3.8) is 0 Å². The molecule has 0 aliphatic carbocycles. The number of hydrogen-bond acceptors (Lipinski definition) is 1. The van der Waals surface area contributed by atoms with Gasteiger partial charge in [-0.2, -0.15) is 0 Å². The van der Waals surface area contributed by atoms with E-state index in [0.29, 0.717) is 0 Å². The lowest BCUT2D eigenvalue weighted by molar-refractivity contribution is -0.131. The van der Waals surface area contributed by atoms with Gasteiger partial charge in [0, 0.05) is 6.08 Å². The molecular weight excluding hydrogens is 108 g/mol. The maximum absolute atomic E-state index is 9.51. The van der Waals surface area contributed by atoms with Crippen LogP contribution >= 0.6 is 0 Å². The van der Waals surface area contributed by atoms with Crippen molar-refractivity contribution in [1.29, 1.82) is 0 Å². The van der Waals surface area contributed by atoms with Crippen molar-refractivity contribution in [2.75, 3.05) is 0 Å². The third-order valence-corrected chi connectivity index (χ3v) is 0.309. The van der Waals surface area contributed by atoms with Crippen LogP contribution in [-0.4, -0.2) is 22.0 Å². The van der Waals surface area contributed by atoms with Crippen molar-refractivity contribution in [2.45, 2.75) is 6.92 Å². The molecule has 1 N–H and O–H groups in total. The molecule has 0 aromatic heterocycles. The molecule has 0 rings (SSSR count). The van der Waals surface area contributed by atoms with Gasteiger partial charge in [-0.25, -0.2) is 4.79 Å². The van der Waals surface area contributed by atoms with Crippen LogP contribution in [0.5, 0.6) is 0 Å². The number of carbonyl (C=O) groups is 1. The van der Waals surface area contributed by atoms with E-state index < -0.39 is 5.97 Å². The van der Waals surface area contributed by atoms with Crippen molar-refractivity contribution in [2.24, 2.45) is 0 Å². The molecule has 0 aromatic carbocycles. The number of carboxylic acids is 1. The Kier molecular flexibility index (Phi) is 7.49. The van der Waals surface area contributed by atoms with Crippen molar-refractivity contribution in [3.8, 4) is 0 Å². The first-order chi connectivity index (χ1) is 2.77. The Morgan fingerprint density at radius 3 is 2.14 bits per heavy atom. The third kappa shape index (κ3) is 10.8. The largest absolute Gasteiger partial charge is 0.478 e. The zero-order valence-corrected chi connectivity index (χ0v) is 3.51. The Balaban J connectivity index is 0. The first-order valence-corrected chi connectivity index (χ1v) is 1.63. The van der Waals surface area contributed by atoms with Crippen LogP contribution in [0.3, 0.4) is 0 Å². The van der Waals surface area contributed by atoms with Crippen molar-refractivity contribution in [3.05, 3.63) is 12.2 Å². The highest BCUT2D eigenvalue weighted by atomic mass is 28.1. The normalized spacial score (nSPS) is 8.14. The minimum atomic E-state index is -0.891. The van der Waals surface area contributed by atoms with E-state index >= 15 is 0 Å². The molecule has 0 atom stereocenters. The van der Waals surface area contributed by atoms with E-state index in [-0.39, 0.29) is 11.0 Å². The van der Waals surface area contributed by atoms with Gasteiger partial charge in [0.25, 0.3) is 0 Å². The van der Waals surface area contributed by atoms with Gasteiger partial charge < -0.3 is 5.11 Å². The zero-order valence-electron chi connectivity index (χ0n) is 3.51. The van der Waals surface area contributed by atoms with Crippen LogP contribution in [0.1, 0.15) is 6.92 Å². The number of hydrogen-bond donors (Lipinski definition) is 1. The lowest BCUT2D eigenvalue weighted by Crippen LogP contribution is -1.83. The molecule has 0 aliphatic heterocycles. The monoisotopic (exact) mass is 118 g/mol. The van der Waals surface area contributed by atoms with Crippen molar-refractivity contribution >= 4 is 16.9 Å². The lowest BCUT2D eigenvalue weighted by Gasteiger charge is -1.68. The quantitative estimate of drug-likeness (QED) is 0.361. The fraction of sp³-hybridized carbons (Fsp3) is 0.250. The van der Waals surface area contributed by atoms with Crippen LogP contribution in [-0.2, 0) is 4.79 Å². The molecule has 0 saturated heterocycles. The van der Waals surface area contributed by atoms with Gasteiger partial charge in [0.15, 0.2) is 0 Å². The van der Waals surface area contributed by atoms with E-state index in [1.54, 1.807) is 6.92 Å². The van der Waals surface area contributed by atoms with Crippen LogP contribution in [0.15, 0.2) is 12.2 Å². The minimum Gasteiger partial charge on any atom is -0.478 e. The first kappa shape index (κ1) is 9.66. The average Bonchev–Trinajstić information content (AvgIpc) is 1.35. The Bertz CT molecular complexity index is 77.8. The molecule has 42 valence electrons. The van der Waals surface area contributed by atoms with Crippen molar-refractivity contribution < 1.29 is 9.90 Å². The Morgan fingerprint density at radius 2 is 2.14 bits per heavy atom. The van der Waals surface area contributed by atoms with E-state index in [1.807, 2.05) is 0 Å². The predicted octanol–water partition coefficient (Wildman–Crippen LogP) is -0.804. The van der Waals surface area contributed by atoms with Crippen LogP contribution in [0.4, 0.5) is 0 Å². The van der Waals surface area contributed by atoms with Crippen LogP contribution in [0, 0.1) is 0 Å². The zero-order chi connectivity index (χ0) is 4.99. The summed E-state index contributed by atoms with van der Waals surface area (Å²) in [4.78, 5) is 9.51. The summed E-state index contributed by atoms with van der Waals surface area (Å²) < 4.78 is 0. The molecule has 2 nitrogen and oxygen atoms in total. The SMILES string of the molecule is CC=CC(=O)O.[SiH4]. The molecule has 0 fully saturated rings. The van der Waals surface area contributed by atoms with Gasteiger partial charge in [0.05, 0.1) is 0 Å². The van der Waals surface area contributed by atoms with Gasteiger partial charge in [0.2, 0.25) is 0 Å². The van der Waals surface area contributed by atoms with E-state index in [9.17, 15) is 4.79 Å². The van der Waals surface area contributed by atoms with Gasteiger partial charge in [0.1, 0.15) is 0 Å². The van der Waals surface area contributed by atoms with Crippen molar-refractivity contribution in [1.82, 2.24) is 0 Å². The first-order valence-electron chi connectivity index (χ1n) is 1.63. The van der Waals surface area contributed by atoms with E-state index in [0.717, 1.165) is 6.08 Å². The van der Waals surface area contributed by atoms with Gasteiger partial charge in [-0.3, -0.25) is 0 Å². The van der Waals surface area contributed by atoms with Gasteiger partial charge in [-0.15, -0.1) is 0 Å². The topological polar surface area (TPSA) is 37.3 Å². The Hall–Kier alpha value is -0.573. The highest BCUT2D eigenvalue weighted by Gasteiger charge is 1.76. The summed E-state index contributed by atoms with van der Waals surface area (Å²) in [5, 5.41) is 7.83. The minimum absolute atomic E-state index is 0. The molecule has 7 heavy (non-hydrogen) atoms. The number of aliphatic carboxylic acids is 1. The van der Waals surface area contributed by atoms with Gasteiger partial charge in [-0.1, -0.05) is 6.08 Å². The van der Waals surface area contributed by atoms with E-state index in [2.05, 4.69) is 0 Å². The summed E-state index contributed by atoms with van der Waals surface area (Å²) >= 11 is 0. The molecule has 0 aromatic rings. The van der Waals surface area contributed by atoms with Crippen LogP contribution in [0.25, 0.3) is 0 Å².